The van der Waals surface area contributed by atoms with Gasteiger partial charge in [0.05, 0.1) is 5.56 Å². The van der Waals surface area contributed by atoms with Crippen molar-refractivity contribution in [3.05, 3.63) is 64.1 Å². The molecule has 2 aromatic rings. The van der Waals surface area contributed by atoms with E-state index >= 15 is 0 Å². The largest absolute Gasteiger partial charge is 0.454 e. The normalized spacial score (nSPS) is 11.9. The smallest absolute Gasteiger partial charge is 0.340 e. The molecule has 0 spiro atoms. The van der Waals surface area contributed by atoms with Crippen molar-refractivity contribution >= 4 is 27.6 Å². The van der Waals surface area contributed by atoms with Crippen molar-refractivity contribution in [1.29, 1.82) is 0 Å². The zero-order valence-corrected chi connectivity index (χ0v) is 12.1. The van der Waals surface area contributed by atoms with E-state index in [1.165, 1.54) is 0 Å². The molecule has 2 rings (SSSR count). The van der Waals surface area contributed by atoms with Crippen LogP contribution in [0.25, 0.3) is 0 Å². The minimum Gasteiger partial charge on any atom is -0.454 e. The summed E-state index contributed by atoms with van der Waals surface area (Å²) in [6, 6.07) is 14.7. The van der Waals surface area contributed by atoms with Gasteiger partial charge in [0.25, 0.3) is 0 Å². The van der Waals surface area contributed by atoms with Gasteiger partial charge < -0.3 is 10.5 Å². The lowest BCUT2D eigenvalue weighted by molar-refractivity contribution is 0.0339. The second-order valence-corrected chi connectivity index (χ2v) is 5.11. The van der Waals surface area contributed by atoms with E-state index < -0.39 is 5.97 Å². The summed E-state index contributed by atoms with van der Waals surface area (Å²) in [6.07, 6.45) is -0.313. The van der Waals surface area contributed by atoms with Gasteiger partial charge in [-0.2, -0.15) is 0 Å². The Labute approximate surface area is 120 Å². The Kier molecular flexibility index (Phi) is 4.22. The fourth-order valence-corrected chi connectivity index (χ4v) is 2.08. The van der Waals surface area contributed by atoms with Crippen molar-refractivity contribution in [1.82, 2.24) is 0 Å². The molecule has 0 aliphatic carbocycles. The van der Waals surface area contributed by atoms with E-state index in [1.807, 2.05) is 37.3 Å². The van der Waals surface area contributed by atoms with Crippen LogP contribution in [-0.4, -0.2) is 5.97 Å². The molecule has 0 aliphatic rings. The highest BCUT2D eigenvalue weighted by molar-refractivity contribution is 9.10. The monoisotopic (exact) mass is 319 g/mol. The molecule has 0 aliphatic heterocycles. The average Bonchev–Trinajstić information content (AvgIpc) is 2.42. The van der Waals surface area contributed by atoms with Crippen LogP contribution in [0.3, 0.4) is 0 Å². The second-order valence-electron chi connectivity index (χ2n) is 4.19. The molecule has 0 saturated carbocycles. The van der Waals surface area contributed by atoms with Gasteiger partial charge in [0.1, 0.15) is 6.10 Å². The number of benzene rings is 2. The Hall–Kier alpha value is -1.81. The highest BCUT2D eigenvalue weighted by atomic mass is 79.9. The molecule has 0 heterocycles. The van der Waals surface area contributed by atoms with E-state index in [0.29, 0.717) is 11.3 Å². The van der Waals surface area contributed by atoms with Crippen molar-refractivity contribution in [2.24, 2.45) is 0 Å². The molecule has 0 aromatic heterocycles. The number of anilines is 1. The first-order chi connectivity index (χ1) is 9.08. The minimum absolute atomic E-state index is 0.313. The summed E-state index contributed by atoms with van der Waals surface area (Å²) in [4.78, 5) is 12.1. The molecule has 4 heteroatoms. The first kappa shape index (κ1) is 13.6. The van der Waals surface area contributed by atoms with E-state index in [0.717, 1.165) is 10.0 Å². The van der Waals surface area contributed by atoms with Gasteiger partial charge in [0.15, 0.2) is 0 Å². The molecule has 2 N–H and O–H groups in total. The molecular weight excluding hydrogens is 306 g/mol. The van der Waals surface area contributed by atoms with Crippen LogP contribution in [-0.2, 0) is 4.74 Å². The molecule has 0 radical (unpaired) electrons. The van der Waals surface area contributed by atoms with Gasteiger partial charge >= 0.3 is 5.97 Å². The highest BCUT2D eigenvalue weighted by Gasteiger charge is 2.16. The van der Waals surface area contributed by atoms with Crippen LogP contribution >= 0.6 is 15.9 Å². The van der Waals surface area contributed by atoms with Crippen LogP contribution in [0.2, 0.25) is 0 Å². The van der Waals surface area contributed by atoms with E-state index in [9.17, 15) is 4.79 Å². The third kappa shape index (κ3) is 3.35. The summed E-state index contributed by atoms with van der Waals surface area (Å²) in [5, 5.41) is 0. The van der Waals surface area contributed by atoms with Crippen molar-refractivity contribution < 1.29 is 9.53 Å². The average molecular weight is 320 g/mol. The second kappa shape index (κ2) is 5.89. The van der Waals surface area contributed by atoms with Crippen LogP contribution in [0.4, 0.5) is 5.69 Å². The Balaban J connectivity index is 2.15. The van der Waals surface area contributed by atoms with Gasteiger partial charge in [-0.05, 0) is 30.7 Å². The molecule has 0 saturated heterocycles. The zero-order chi connectivity index (χ0) is 13.8. The van der Waals surface area contributed by atoms with Crippen LogP contribution < -0.4 is 5.73 Å². The highest BCUT2D eigenvalue weighted by Crippen LogP contribution is 2.23. The van der Waals surface area contributed by atoms with E-state index in [4.69, 9.17) is 10.5 Å². The van der Waals surface area contributed by atoms with E-state index in [2.05, 4.69) is 15.9 Å². The summed E-state index contributed by atoms with van der Waals surface area (Å²) in [5.74, 6) is -0.421. The van der Waals surface area contributed by atoms with Gasteiger partial charge in [0.2, 0.25) is 0 Å². The summed E-state index contributed by atoms with van der Waals surface area (Å²) >= 11 is 3.31. The number of nitrogens with two attached hydrogens (primary N) is 1. The Morgan fingerprint density at radius 2 is 1.89 bits per heavy atom. The number of hydrogen-bond acceptors (Lipinski definition) is 3. The number of carbonyl (C=O) groups excluding carboxylic acids is 1. The first-order valence-corrected chi connectivity index (χ1v) is 6.68. The number of esters is 1. The fraction of sp³-hybridized carbons (Fsp3) is 0.133. The molecule has 3 nitrogen and oxygen atoms in total. The summed E-state index contributed by atoms with van der Waals surface area (Å²) in [7, 11) is 0. The van der Waals surface area contributed by atoms with E-state index in [1.54, 1.807) is 18.2 Å². The number of hydrogen-bond donors (Lipinski definition) is 1. The van der Waals surface area contributed by atoms with Gasteiger partial charge in [-0.15, -0.1) is 0 Å². The summed E-state index contributed by atoms with van der Waals surface area (Å²) in [6.45, 7) is 1.83. The van der Waals surface area contributed by atoms with Gasteiger partial charge in [-0.3, -0.25) is 0 Å². The molecule has 0 fully saturated rings. The van der Waals surface area contributed by atoms with Crippen LogP contribution in [0.5, 0.6) is 0 Å². The molecular formula is C15H14BrNO2. The Bertz CT molecular complexity index is 584. The van der Waals surface area contributed by atoms with Crippen molar-refractivity contribution in [3.63, 3.8) is 0 Å². The Morgan fingerprint density at radius 3 is 2.58 bits per heavy atom. The van der Waals surface area contributed by atoms with Gasteiger partial charge in [0, 0.05) is 10.2 Å². The summed E-state index contributed by atoms with van der Waals surface area (Å²) in [5.41, 5.74) is 7.51. The lowest BCUT2D eigenvalue weighted by Gasteiger charge is -2.14. The third-order valence-corrected chi connectivity index (χ3v) is 3.28. The number of nitrogen functional groups attached to an aromatic ring is 1. The van der Waals surface area contributed by atoms with Crippen LogP contribution in [0.1, 0.15) is 28.9 Å². The molecule has 0 bridgehead atoms. The number of carbonyl (C=O) groups is 1. The maximum Gasteiger partial charge on any atom is 0.340 e. The van der Waals surface area contributed by atoms with E-state index in [-0.39, 0.29) is 6.10 Å². The van der Waals surface area contributed by atoms with Crippen LogP contribution in [0.15, 0.2) is 53.0 Å². The zero-order valence-electron chi connectivity index (χ0n) is 10.5. The quantitative estimate of drug-likeness (QED) is 0.688. The maximum absolute atomic E-state index is 12.1. The molecule has 1 atom stereocenters. The minimum atomic E-state index is -0.421. The first-order valence-electron chi connectivity index (χ1n) is 5.89. The molecule has 98 valence electrons. The topological polar surface area (TPSA) is 52.3 Å². The lowest BCUT2D eigenvalue weighted by atomic mass is 10.1. The van der Waals surface area contributed by atoms with Crippen LogP contribution in [0, 0.1) is 0 Å². The van der Waals surface area contributed by atoms with Crippen molar-refractivity contribution in [3.8, 4) is 0 Å². The number of halogens is 1. The molecule has 19 heavy (non-hydrogen) atoms. The maximum atomic E-state index is 12.1. The predicted octanol–water partition coefficient (Wildman–Crippen LogP) is 3.95. The predicted molar refractivity (Wildman–Crippen MR) is 78.8 cm³/mol. The molecule has 2 aromatic carbocycles. The standard InChI is InChI=1S/C15H14BrNO2/c1-10(11-5-3-2-4-6-11)19-15(18)13-9-12(16)7-8-14(13)17/h2-10H,17H2,1H3. The molecule has 1 unspecified atom stereocenters. The fourth-order valence-electron chi connectivity index (χ4n) is 1.72. The Morgan fingerprint density at radius 1 is 1.21 bits per heavy atom. The number of ether oxygens (including phenoxy) is 1. The summed E-state index contributed by atoms with van der Waals surface area (Å²) < 4.78 is 6.21. The van der Waals surface area contributed by atoms with Crippen molar-refractivity contribution in [2.45, 2.75) is 13.0 Å². The number of rotatable bonds is 3. The molecule has 0 amide bonds. The van der Waals surface area contributed by atoms with Gasteiger partial charge in [-0.1, -0.05) is 46.3 Å². The van der Waals surface area contributed by atoms with Gasteiger partial charge in [-0.25, -0.2) is 4.79 Å². The lowest BCUT2D eigenvalue weighted by Crippen LogP contribution is -2.11. The third-order valence-electron chi connectivity index (χ3n) is 2.79. The SMILES string of the molecule is CC(OC(=O)c1cc(Br)ccc1N)c1ccccc1. The van der Waals surface area contributed by atoms with Crippen molar-refractivity contribution in [2.75, 3.05) is 5.73 Å².